The third-order valence-corrected chi connectivity index (χ3v) is 4.54. The summed E-state index contributed by atoms with van der Waals surface area (Å²) in [7, 11) is 3.99. The van der Waals surface area contributed by atoms with Gasteiger partial charge in [0.1, 0.15) is 0 Å². The van der Waals surface area contributed by atoms with Gasteiger partial charge >= 0.3 is 0 Å². The molecule has 0 radical (unpaired) electrons. The Bertz CT molecular complexity index is 95.4. The molecule has 10 heavy (non-hydrogen) atoms. The summed E-state index contributed by atoms with van der Waals surface area (Å²) < 4.78 is 0. The second-order valence-electron chi connectivity index (χ2n) is 3.31. The van der Waals surface area contributed by atoms with E-state index in [1.54, 1.807) is 0 Å². The number of rotatable bonds is 4. The average Bonchev–Trinajstić information content (AvgIpc) is 2.63. The van der Waals surface area contributed by atoms with Gasteiger partial charge in [0.15, 0.2) is 0 Å². The van der Waals surface area contributed by atoms with E-state index in [0.29, 0.717) is 0 Å². The van der Waals surface area contributed by atoms with Crippen LogP contribution in [0.15, 0.2) is 0 Å². The lowest BCUT2D eigenvalue weighted by Gasteiger charge is -2.17. The van der Waals surface area contributed by atoms with Crippen molar-refractivity contribution >= 4 is 21.6 Å². The summed E-state index contributed by atoms with van der Waals surface area (Å²) in [5, 5.41) is 0.926. The molecule has 0 N–H and O–H groups in total. The standard InChI is InChI=1S/C8H16S2/c1-6(2)8(10-9-3)7-4-5-7/h6-8H,4-5H2,1-3H3. The van der Waals surface area contributed by atoms with Crippen LogP contribution in [0, 0.1) is 11.8 Å². The zero-order valence-electron chi connectivity index (χ0n) is 6.96. The van der Waals surface area contributed by atoms with E-state index in [0.717, 1.165) is 17.1 Å². The minimum Gasteiger partial charge on any atom is -0.0973 e. The van der Waals surface area contributed by atoms with Gasteiger partial charge in [0, 0.05) is 5.25 Å². The zero-order chi connectivity index (χ0) is 7.56. The molecule has 1 unspecified atom stereocenters. The van der Waals surface area contributed by atoms with Gasteiger partial charge in [-0.25, -0.2) is 0 Å². The van der Waals surface area contributed by atoms with Gasteiger partial charge in [-0.2, -0.15) is 0 Å². The van der Waals surface area contributed by atoms with Crippen LogP contribution in [0.4, 0.5) is 0 Å². The quantitative estimate of drug-likeness (QED) is 0.602. The summed E-state index contributed by atoms with van der Waals surface area (Å²) in [5.41, 5.74) is 0. The minimum absolute atomic E-state index is 0.866. The molecule has 1 atom stereocenters. The summed E-state index contributed by atoms with van der Waals surface area (Å²) in [4.78, 5) is 0. The maximum Gasteiger partial charge on any atom is 0.0202 e. The van der Waals surface area contributed by atoms with Gasteiger partial charge in [-0.1, -0.05) is 35.4 Å². The summed E-state index contributed by atoms with van der Waals surface area (Å²) in [6.45, 7) is 4.68. The van der Waals surface area contributed by atoms with Crippen LogP contribution in [0.2, 0.25) is 0 Å². The van der Waals surface area contributed by atoms with Crippen LogP contribution in [0.25, 0.3) is 0 Å². The summed E-state index contributed by atoms with van der Waals surface area (Å²) in [5.74, 6) is 1.92. The van der Waals surface area contributed by atoms with Gasteiger partial charge in [0.25, 0.3) is 0 Å². The van der Waals surface area contributed by atoms with Crippen molar-refractivity contribution in [3.63, 3.8) is 0 Å². The third-order valence-electron chi connectivity index (χ3n) is 1.95. The van der Waals surface area contributed by atoms with Crippen molar-refractivity contribution in [2.45, 2.75) is 31.9 Å². The molecule has 0 aromatic heterocycles. The van der Waals surface area contributed by atoms with Crippen molar-refractivity contribution in [1.82, 2.24) is 0 Å². The first-order valence-corrected chi connectivity index (χ1v) is 6.57. The van der Waals surface area contributed by atoms with Crippen LogP contribution in [-0.2, 0) is 0 Å². The fourth-order valence-corrected chi connectivity index (χ4v) is 3.95. The molecule has 0 heterocycles. The molecule has 0 bridgehead atoms. The first kappa shape index (κ1) is 8.79. The predicted octanol–water partition coefficient (Wildman–Crippen LogP) is 3.43. The highest BCUT2D eigenvalue weighted by Gasteiger charge is 2.33. The van der Waals surface area contributed by atoms with E-state index in [4.69, 9.17) is 0 Å². The molecule has 1 aliphatic rings. The number of hydrogen-bond acceptors (Lipinski definition) is 2. The SMILES string of the molecule is CSSC(C(C)C)C1CC1. The summed E-state index contributed by atoms with van der Waals surface area (Å²) >= 11 is 0. The number of hydrogen-bond donors (Lipinski definition) is 0. The second-order valence-corrected chi connectivity index (χ2v) is 5.96. The first-order valence-electron chi connectivity index (χ1n) is 3.95. The predicted molar refractivity (Wildman–Crippen MR) is 52.5 cm³/mol. The lowest BCUT2D eigenvalue weighted by atomic mass is 10.1. The molecular weight excluding hydrogens is 160 g/mol. The van der Waals surface area contributed by atoms with Gasteiger partial charge < -0.3 is 0 Å². The van der Waals surface area contributed by atoms with Crippen molar-refractivity contribution in [2.24, 2.45) is 11.8 Å². The Hall–Kier alpha value is 0.700. The van der Waals surface area contributed by atoms with Gasteiger partial charge in [-0.05, 0) is 30.9 Å². The smallest absolute Gasteiger partial charge is 0.0202 e. The van der Waals surface area contributed by atoms with E-state index >= 15 is 0 Å². The Morgan fingerprint density at radius 1 is 1.30 bits per heavy atom. The fraction of sp³-hybridized carbons (Fsp3) is 1.00. The molecular formula is C8H16S2. The maximum absolute atomic E-state index is 2.34. The Kier molecular flexibility index (Phi) is 3.44. The molecule has 0 aromatic rings. The monoisotopic (exact) mass is 176 g/mol. The highest BCUT2D eigenvalue weighted by atomic mass is 33.1. The third kappa shape index (κ3) is 2.39. The van der Waals surface area contributed by atoms with E-state index in [2.05, 4.69) is 30.9 Å². The van der Waals surface area contributed by atoms with Crippen LogP contribution >= 0.6 is 21.6 Å². The van der Waals surface area contributed by atoms with Crippen LogP contribution in [0.3, 0.4) is 0 Å². The molecule has 1 saturated carbocycles. The van der Waals surface area contributed by atoms with Crippen LogP contribution in [-0.4, -0.2) is 11.5 Å². The van der Waals surface area contributed by atoms with Crippen LogP contribution in [0.1, 0.15) is 26.7 Å². The minimum atomic E-state index is 0.866. The molecule has 0 saturated heterocycles. The molecule has 60 valence electrons. The van der Waals surface area contributed by atoms with Crippen LogP contribution < -0.4 is 0 Å². The molecule has 0 amide bonds. The van der Waals surface area contributed by atoms with E-state index in [1.807, 2.05) is 10.8 Å². The van der Waals surface area contributed by atoms with Gasteiger partial charge in [0.05, 0.1) is 0 Å². The molecule has 0 spiro atoms. The van der Waals surface area contributed by atoms with E-state index in [1.165, 1.54) is 12.8 Å². The lowest BCUT2D eigenvalue weighted by Crippen LogP contribution is -2.11. The summed E-state index contributed by atoms with van der Waals surface area (Å²) in [6, 6.07) is 0. The largest absolute Gasteiger partial charge is 0.0973 e. The highest BCUT2D eigenvalue weighted by molar-refractivity contribution is 8.76. The fourth-order valence-electron chi connectivity index (χ4n) is 1.27. The van der Waals surface area contributed by atoms with Crippen molar-refractivity contribution in [3.05, 3.63) is 0 Å². The zero-order valence-corrected chi connectivity index (χ0v) is 8.60. The second kappa shape index (κ2) is 3.91. The van der Waals surface area contributed by atoms with E-state index in [9.17, 15) is 0 Å². The maximum atomic E-state index is 2.34. The van der Waals surface area contributed by atoms with Crippen molar-refractivity contribution in [3.8, 4) is 0 Å². The molecule has 1 aliphatic carbocycles. The molecule has 1 rings (SSSR count). The van der Waals surface area contributed by atoms with Crippen molar-refractivity contribution in [2.75, 3.05) is 6.26 Å². The molecule has 0 nitrogen and oxygen atoms in total. The van der Waals surface area contributed by atoms with Crippen molar-refractivity contribution < 1.29 is 0 Å². The molecule has 2 heteroatoms. The normalized spacial score (nSPS) is 21.6. The van der Waals surface area contributed by atoms with Gasteiger partial charge in [-0.3, -0.25) is 0 Å². The van der Waals surface area contributed by atoms with Crippen LogP contribution in [0.5, 0.6) is 0 Å². The Morgan fingerprint density at radius 3 is 2.20 bits per heavy atom. The molecule has 1 fully saturated rings. The Labute approximate surface area is 71.9 Å². The summed E-state index contributed by atoms with van der Waals surface area (Å²) in [6.07, 6.45) is 5.15. The van der Waals surface area contributed by atoms with Gasteiger partial charge in [-0.15, -0.1) is 0 Å². The Morgan fingerprint density at radius 2 is 1.90 bits per heavy atom. The van der Waals surface area contributed by atoms with E-state index < -0.39 is 0 Å². The molecule has 0 aliphatic heterocycles. The van der Waals surface area contributed by atoms with Gasteiger partial charge in [0.2, 0.25) is 0 Å². The Balaban J connectivity index is 2.26. The van der Waals surface area contributed by atoms with E-state index in [-0.39, 0.29) is 0 Å². The average molecular weight is 176 g/mol. The highest BCUT2D eigenvalue weighted by Crippen LogP contribution is 2.45. The lowest BCUT2D eigenvalue weighted by molar-refractivity contribution is 0.562. The topological polar surface area (TPSA) is 0 Å². The first-order chi connectivity index (χ1) is 4.75. The molecule has 0 aromatic carbocycles. The van der Waals surface area contributed by atoms with Crippen molar-refractivity contribution in [1.29, 1.82) is 0 Å².